The number of hydrogen-bond acceptors (Lipinski definition) is 2. The van der Waals surface area contributed by atoms with Gasteiger partial charge in [0, 0.05) is 0 Å². The third-order valence-electron chi connectivity index (χ3n) is 1.28. The molecule has 0 spiro atoms. The number of rotatable bonds is 0. The Bertz CT molecular complexity index is 107. The van der Waals surface area contributed by atoms with Crippen LogP contribution in [0, 0.1) is 6.08 Å². The van der Waals surface area contributed by atoms with Gasteiger partial charge in [0.25, 0.3) is 0 Å². The Morgan fingerprint density at radius 3 is 2.75 bits per heavy atom. The van der Waals surface area contributed by atoms with Crippen molar-refractivity contribution in [2.45, 2.75) is 25.4 Å². The van der Waals surface area contributed by atoms with Crippen LogP contribution in [0.4, 0.5) is 0 Å². The molecule has 2 nitrogen and oxygen atoms in total. The van der Waals surface area contributed by atoms with Crippen molar-refractivity contribution in [1.29, 1.82) is 0 Å². The molecule has 0 fully saturated rings. The van der Waals surface area contributed by atoms with E-state index < -0.39 is 6.10 Å². The summed E-state index contributed by atoms with van der Waals surface area (Å²) in [5, 5.41) is 17.6. The summed E-state index contributed by atoms with van der Waals surface area (Å²) in [6, 6.07) is 0. The van der Waals surface area contributed by atoms with Crippen LogP contribution in [0.3, 0.4) is 0 Å². The lowest BCUT2D eigenvalue weighted by atomic mass is 10.0. The SMILES string of the molecule is OC1=[C]CCCC1O. The van der Waals surface area contributed by atoms with Crippen LogP contribution in [0.15, 0.2) is 5.76 Å². The van der Waals surface area contributed by atoms with Crippen molar-refractivity contribution in [2.24, 2.45) is 0 Å². The topological polar surface area (TPSA) is 40.5 Å². The summed E-state index contributed by atoms with van der Waals surface area (Å²) < 4.78 is 0. The summed E-state index contributed by atoms with van der Waals surface area (Å²) in [5.74, 6) is 0.0243. The second kappa shape index (κ2) is 2.18. The van der Waals surface area contributed by atoms with Gasteiger partial charge in [0.15, 0.2) is 0 Å². The van der Waals surface area contributed by atoms with Crippen LogP contribution in [-0.2, 0) is 0 Å². The zero-order valence-corrected chi connectivity index (χ0v) is 4.59. The molecular formula is C6H9O2. The van der Waals surface area contributed by atoms with Gasteiger partial charge in [0.1, 0.15) is 11.9 Å². The van der Waals surface area contributed by atoms with Gasteiger partial charge in [-0.1, -0.05) is 0 Å². The third kappa shape index (κ3) is 1.01. The van der Waals surface area contributed by atoms with Crippen LogP contribution in [0.1, 0.15) is 19.3 Å². The highest BCUT2D eigenvalue weighted by molar-refractivity contribution is 4.95. The molecule has 0 aromatic rings. The molecule has 0 aliphatic heterocycles. The Morgan fingerprint density at radius 1 is 1.62 bits per heavy atom. The normalized spacial score (nSPS) is 29.6. The minimum absolute atomic E-state index is 0.0243. The molecule has 1 radical (unpaired) electrons. The van der Waals surface area contributed by atoms with Crippen molar-refractivity contribution in [3.8, 4) is 0 Å². The van der Waals surface area contributed by atoms with Crippen molar-refractivity contribution in [1.82, 2.24) is 0 Å². The highest BCUT2D eigenvalue weighted by Gasteiger charge is 2.12. The van der Waals surface area contributed by atoms with E-state index in [1.54, 1.807) is 0 Å². The van der Waals surface area contributed by atoms with E-state index in [9.17, 15) is 0 Å². The average molecular weight is 113 g/mol. The van der Waals surface area contributed by atoms with Crippen LogP contribution < -0.4 is 0 Å². The van der Waals surface area contributed by atoms with E-state index in [0.717, 1.165) is 12.8 Å². The lowest BCUT2D eigenvalue weighted by Gasteiger charge is -2.12. The first-order chi connectivity index (χ1) is 3.80. The Labute approximate surface area is 48.5 Å². The van der Waals surface area contributed by atoms with Gasteiger partial charge in [0.2, 0.25) is 0 Å². The molecular weight excluding hydrogens is 104 g/mol. The molecule has 0 aromatic carbocycles. The maximum absolute atomic E-state index is 8.83. The summed E-state index contributed by atoms with van der Waals surface area (Å²) in [6.45, 7) is 0. The molecule has 1 atom stereocenters. The van der Waals surface area contributed by atoms with E-state index in [0.29, 0.717) is 6.42 Å². The fraction of sp³-hybridized carbons (Fsp3) is 0.667. The maximum atomic E-state index is 8.83. The second-order valence-electron chi connectivity index (χ2n) is 1.97. The standard InChI is InChI=1S/C6H9O2/c7-5-3-1-2-4-6(5)8/h5,7-8H,1-3H2. The molecule has 8 heavy (non-hydrogen) atoms. The van der Waals surface area contributed by atoms with E-state index in [-0.39, 0.29) is 5.76 Å². The lowest BCUT2D eigenvalue weighted by Crippen LogP contribution is -2.13. The molecule has 1 unspecified atom stereocenters. The van der Waals surface area contributed by atoms with Gasteiger partial charge in [-0.3, -0.25) is 0 Å². The largest absolute Gasteiger partial charge is 0.509 e. The highest BCUT2D eigenvalue weighted by Crippen LogP contribution is 2.14. The van der Waals surface area contributed by atoms with E-state index in [1.165, 1.54) is 0 Å². The van der Waals surface area contributed by atoms with E-state index >= 15 is 0 Å². The smallest absolute Gasteiger partial charge is 0.124 e. The Kier molecular flexibility index (Phi) is 1.53. The Balaban J connectivity index is 2.53. The van der Waals surface area contributed by atoms with Gasteiger partial charge in [-0.2, -0.15) is 0 Å². The first-order valence-corrected chi connectivity index (χ1v) is 2.78. The summed E-state index contributed by atoms with van der Waals surface area (Å²) in [5.41, 5.74) is 0. The van der Waals surface area contributed by atoms with Gasteiger partial charge >= 0.3 is 0 Å². The molecule has 1 aliphatic rings. The fourth-order valence-electron chi connectivity index (χ4n) is 0.766. The summed E-state index contributed by atoms with van der Waals surface area (Å²) in [7, 11) is 0. The molecule has 45 valence electrons. The molecule has 0 heterocycles. The highest BCUT2D eigenvalue weighted by atomic mass is 16.3. The van der Waals surface area contributed by atoms with Crippen molar-refractivity contribution in [3.05, 3.63) is 11.8 Å². The van der Waals surface area contributed by atoms with Gasteiger partial charge in [-0.25, -0.2) is 0 Å². The zero-order chi connectivity index (χ0) is 5.98. The number of hydrogen-bond donors (Lipinski definition) is 2. The van der Waals surface area contributed by atoms with Crippen LogP contribution >= 0.6 is 0 Å². The second-order valence-corrected chi connectivity index (χ2v) is 1.97. The lowest BCUT2D eigenvalue weighted by molar-refractivity contribution is 0.132. The number of aliphatic hydroxyl groups excluding tert-OH is 2. The number of aliphatic hydroxyl groups is 2. The summed E-state index contributed by atoms with van der Waals surface area (Å²) in [6.07, 6.45) is 4.41. The van der Waals surface area contributed by atoms with Crippen molar-refractivity contribution < 1.29 is 10.2 Å². The fourth-order valence-corrected chi connectivity index (χ4v) is 0.766. The van der Waals surface area contributed by atoms with Crippen LogP contribution in [-0.4, -0.2) is 16.3 Å². The Morgan fingerprint density at radius 2 is 2.38 bits per heavy atom. The molecule has 2 N–H and O–H groups in total. The molecule has 2 heteroatoms. The van der Waals surface area contributed by atoms with Crippen LogP contribution in [0.25, 0.3) is 0 Å². The van der Waals surface area contributed by atoms with Crippen LogP contribution in [0.5, 0.6) is 0 Å². The van der Waals surface area contributed by atoms with Gasteiger partial charge < -0.3 is 10.2 Å². The van der Waals surface area contributed by atoms with Crippen molar-refractivity contribution in [2.75, 3.05) is 0 Å². The summed E-state index contributed by atoms with van der Waals surface area (Å²) >= 11 is 0. The molecule has 0 saturated carbocycles. The average Bonchev–Trinajstić information content (AvgIpc) is 1.77. The molecule has 0 amide bonds. The zero-order valence-electron chi connectivity index (χ0n) is 4.59. The van der Waals surface area contributed by atoms with Crippen LogP contribution in [0.2, 0.25) is 0 Å². The first-order valence-electron chi connectivity index (χ1n) is 2.78. The molecule has 0 bridgehead atoms. The van der Waals surface area contributed by atoms with Gasteiger partial charge in [0.05, 0.1) is 0 Å². The van der Waals surface area contributed by atoms with Crippen molar-refractivity contribution >= 4 is 0 Å². The monoisotopic (exact) mass is 113 g/mol. The minimum atomic E-state index is -0.635. The number of allylic oxidation sites excluding steroid dienone is 1. The molecule has 0 saturated heterocycles. The molecule has 1 aliphatic carbocycles. The maximum Gasteiger partial charge on any atom is 0.124 e. The summed E-state index contributed by atoms with van der Waals surface area (Å²) in [4.78, 5) is 0. The van der Waals surface area contributed by atoms with Gasteiger partial charge in [-0.05, 0) is 25.3 Å². The minimum Gasteiger partial charge on any atom is -0.509 e. The van der Waals surface area contributed by atoms with E-state index in [2.05, 4.69) is 6.08 Å². The Hall–Kier alpha value is -0.500. The molecule has 1 rings (SSSR count). The van der Waals surface area contributed by atoms with Gasteiger partial charge in [-0.15, -0.1) is 0 Å². The van der Waals surface area contributed by atoms with E-state index in [4.69, 9.17) is 10.2 Å². The third-order valence-corrected chi connectivity index (χ3v) is 1.28. The van der Waals surface area contributed by atoms with Crippen molar-refractivity contribution in [3.63, 3.8) is 0 Å². The molecule has 0 aromatic heterocycles. The predicted molar refractivity (Wildman–Crippen MR) is 29.2 cm³/mol. The predicted octanol–water partition coefficient (Wildman–Crippen LogP) is 0.776. The quantitative estimate of drug-likeness (QED) is 0.487. The first kappa shape index (κ1) is 5.63. The van der Waals surface area contributed by atoms with E-state index in [1.807, 2.05) is 0 Å².